The van der Waals surface area contributed by atoms with E-state index in [0.29, 0.717) is 5.75 Å². The number of hydrogen-bond acceptors (Lipinski definition) is 3. The van der Waals surface area contributed by atoms with E-state index in [1.165, 1.54) is 13.8 Å². The summed E-state index contributed by atoms with van der Waals surface area (Å²) in [5, 5.41) is 10.6. The van der Waals surface area contributed by atoms with Crippen LogP contribution in [0.25, 0.3) is 0 Å². The van der Waals surface area contributed by atoms with Crippen LogP contribution in [0.15, 0.2) is 28.7 Å². The van der Waals surface area contributed by atoms with Crippen LogP contribution in [0.2, 0.25) is 0 Å². The number of hydrogen-bond donors (Lipinski definition) is 0. The molecule has 0 N–H and O–H groups in total. The summed E-state index contributed by atoms with van der Waals surface area (Å²) in [5.41, 5.74) is -1.07. The SMILES string of the molecule is CC(C)(COc1ccccc1Br)[N+](=O)[O-]. The molecule has 0 amide bonds. The van der Waals surface area contributed by atoms with E-state index < -0.39 is 5.54 Å². The summed E-state index contributed by atoms with van der Waals surface area (Å²) >= 11 is 3.31. The minimum Gasteiger partial charge on any atom is -0.485 e. The van der Waals surface area contributed by atoms with Crippen LogP contribution in [-0.2, 0) is 0 Å². The van der Waals surface area contributed by atoms with Gasteiger partial charge in [0.25, 0.3) is 0 Å². The molecule has 0 unspecified atom stereocenters. The summed E-state index contributed by atoms with van der Waals surface area (Å²) in [6.07, 6.45) is 0. The van der Waals surface area contributed by atoms with Gasteiger partial charge in [0, 0.05) is 18.8 Å². The predicted molar refractivity (Wildman–Crippen MR) is 60.7 cm³/mol. The summed E-state index contributed by atoms with van der Waals surface area (Å²) in [6.45, 7) is 3.11. The molecule has 15 heavy (non-hydrogen) atoms. The monoisotopic (exact) mass is 273 g/mol. The van der Waals surface area contributed by atoms with Gasteiger partial charge in [0.15, 0.2) is 6.61 Å². The van der Waals surface area contributed by atoms with Crippen molar-refractivity contribution in [1.82, 2.24) is 0 Å². The maximum atomic E-state index is 10.6. The Morgan fingerprint density at radius 2 is 2.07 bits per heavy atom. The molecule has 0 saturated heterocycles. The van der Waals surface area contributed by atoms with Crippen molar-refractivity contribution < 1.29 is 9.66 Å². The number of rotatable bonds is 4. The third-order valence-corrected chi connectivity index (χ3v) is 2.57. The van der Waals surface area contributed by atoms with E-state index in [1.807, 2.05) is 18.2 Å². The maximum absolute atomic E-state index is 10.6. The largest absolute Gasteiger partial charge is 0.485 e. The fraction of sp³-hybridized carbons (Fsp3) is 0.400. The van der Waals surface area contributed by atoms with Crippen LogP contribution in [0, 0.1) is 10.1 Å². The van der Waals surface area contributed by atoms with Gasteiger partial charge in [-0.25, -0.2) is 0 Å². The quantitative estimate of drug-likeness (QED) is 0.626. The summed E-state index contributed by atoms with van der Waals surface area (Å²) in [7, 11) is 0. The van der Waals surface area contributed by atoms with E-state index in [2.05, 4.69) is 15.9 Å². The third-order valence-electron chi connectivity index (χ3n) is 1.91. The average molecular weight is 274 g/mol. The number of ether oxygens (including phenoxy) is 1. The molecule has 0 atom stereocenters. The van der Waals surface area contributed by atoms with Crippen LogP contribution >= 0.6 is 15.9 Å². The van der Waals surface area contributed by atoms with Crippen LogP contribution in [0.1, 0.15) is 13.8 Å². The second-order valence-electron chi connectivity index (χ2n) is 3.79. The van der Waals surface area contributed by atoms with Gasteiger partial charge in [0.05, 0.1) is 4.47 Å². The molecule has 0 spiro atoms. The smallest absolute Gasteiger partial charge is 0.250 e. The highest BCUT2D eigenvalue weighted by atomic mass is 79.9. The first-order valence-electron chi connectivity index (χ1n) is 4.45. The molecule has 1 aromatic carbocycles. The van der Waals surface area contributed by atoms with Crippen LogP contribution in [0.5, 0.6) is 5.75 Å². The molecule has 0 radical (unpaired) electrons. The van der Waals surface area contributed by atoms with Gasteiger partial charge in [-0.2, -0.15) is 0 Å². The molecule has 82 valence electrons. The van der Waals surface area contributed by atoms with Gasteiger partial charge in [-0.1, -0.05) is 12.1 Å². The van der Waals surface area contributed by atoms with E-state index in [4.69, 9.17) is 4.74 Å². The Labute approximate surface area is 96.5 Å². The van der Waals surface area contributed by atoms with Crippen molar-refractivity contribution in [2.75, 3.05) is 6.61 Å². The third kappa shape index (κ3) is 3.20. The molecular formula is C10H12BrNO3. The lowest BCUT2D eigenvalue weighted by Crippen LogP contribution is -2.37. The molecule has 0 aromatic heterocycles. The van der Waals surface area contributed by atoms with Gasteiger partial charge in [-0.3, -0.25) is 10.1 Å². The number of nitro groups is 1. The zero-order valence-corrected chi connectivity index (χ0v) is 10.2. The highest BCUT2D eigenvalue weighted by Gasteiger charge is 2.31. The lowest BCUT2D eigenvalue weighted by atomic mass is 10.1. The maximum Gasteiger partial charge on any atom is 0.250 e. The molecule has 0 aliphatic carbocycles. The molecule has 4 nitrogen and oxygen atoms in total. The van der Waals surface area contributed by atoms with Crippen molar-refractivity contribution in [3.05, 3.63) is 38.9 Å². The molecule has 5 heteroatoms. The van der Waals surface area contributed by atoms with E-state index in [1.54, 1.807) is 6.07 Å². The van der Waals surface area contributed by atoms with E-state index in [0.717, 1.165) is 4.47 Å². The van der Waals surface area contributed by atoms with Crippen molar-refractivity contribution in [2.24, 2.45) is 0 Å². The average Bonchev–Trinajstić information content (AvgIpc) is 2.16. The fourth-order valence-electron chi connectivity index (χ4n) is 0.869. The first kappa shape index (κ1) is 12.0. The summed E-state index contributed by atoms with van der Waals surface area (Å²) in [4.78, 5) is 10.3. The first-order valence-corrected chi connectivity index (χ1v) is 5.24. The Kier molecular flexibility index (Phi) is 3.68. The normalized spacial score (nSPS) is 11.1. The van der Waals surface area contributed by atoms with Crippen molar-refractivity contribution in [3.8, 4) is 5.75 Å². The zero-order chi connectivity index (χ0) is 11.5. The molecule has 0 aliphatic rings. The van der Waals surface area contributed by atoms with E-state index in [9.17, 15) is 10.1 Å². The molecule has 1 rings (SSSR count). The van der Waals surface area contributed by atoms with Gasteiger partial charge >= 0.3 is 0 Å². The van der Waals surface area contributed by atoms with Crippen molar-refractivity contribution >= 4 is 15.9 Å². The number of nitrogens with zero attached hydrogens (tertiary/aromatic N) is 1. The van der Waals surface area contributed by atoms with Gasteiger partial charge in [0.1, 0.15) is 5.75 Å². The number of para-hydroxylation sites is 1. The van der Waals surface area contributed by atoms with Gasteiger partial charge in [0.2, 0.25) is 5.54 Å². The van der Waals surface area contributed by atoms with E-state index >= 15 is 0 Å². The number of benzene rings is 1. The Balaban J connectivity index is 2.66. The highest BCUT2D eigenvalue weighted by molar-refractivity contribution is 9.10. The standard InChI is InChI=1S/C10H12BrNO3/c1-10(2,12(13)14)7-15-9-6-4-3-5-8(9)11/h3-6H,7H2,1-2H3. The Hall–Kier alpha value is -1.10. The Morgan fingerprint density at radius 3 is 2.60 bits per heavy atom. The topological polar surface area (TPSA) is 52.4 Å². The van der Waals surface area contributed by atoms with Crippen molar-refractivity contribution in [2.45, 2.75) is 19.4 Å². The molecule has 0 fully saturated rings. The van der Waals surface area contributed by atoms with Crippen LogP contribution < -0.4 is 4.74 Å². The van der Waals surface area contributed by atoms with Crippen LogP contribution in [0.3, 0.4) is 0 Å². The molecule has 1 aromatic rings. The molecular weight excluding hydrogens is 262 g/mol. The van der Waals surface area contributed by atoms with Crippen LogP contribution in [0.4, 0.5) is 0 Å². The summed E-state index contributed by atoms with van der Waals surface area (Å²) in [5.74, 6) is 0.618. The summed E-state index contributed by atoms with van der Waals surface area (Å²) in [6, 6.07) is 7.27. The molecule has 0 heterocycles. The Bertz CT molecular complexity index is 365. The minimum atomic E-state index is -1.07. The lowest BCUT2D eigenvalue weighted by molar-refractivity contribution is -0.562. The summed E-state index contributed by atoms with van der Waals surface area (Å²) < 4.78 is 6.17. The first-order chi connectivity index (χ1) is 6.93. The minimum absolute atomic E-state index is 0.0443. The zero-order valence-electron chi connectivity index (χ0n) is 8.57. The van der Waals surface area contributed by atoms with Gasteiger partial charge < -0.3 is 4.74 Å². The fourth-order valence-corrected chi connectivity index (χ4v) is 1.27. The lowest BCUT2D eigenvalue weighted by Gasteiger charge is -2.16. The Morgan fingerprint density at radius 1 is 1.47 bits per heavy atom. The molecule has 0 aliphatic heterocycles. The van der Waals surface area contributed by atoms with Crippen molar-refractivity contribution in [3.63, 3.8) is 0 Å². The molecule has 0 saturated carbocycles. The second kappa shape index (κ2) is 4.61. The number of halogens is 1. The van der Waals surface area contributed by atoms with Gasteiger partial charge in [-0.05, 0) is 28.1 Å². The second-order valence-corrected chi connectivity index (χ2v) is 4.64. The molecule has 0 bridgehead atoms. The van der Waals surface area contributed by atoms with E-state index in [-0.39, 0.29) is 11.5 Å². The predicted octanol–water partition coefficient (Wildman–Crippen LogP) is 2.88. The van der Waals surface area contributed by atoms with Gasteiger partial charge in [-0.15, -0.1) is 0 Å². The highest BCUT2D eigenvalue weighted by Crippen LogP contribution is 2.24. The van der Waals surface area contributed by atoms with Crippen LogP contribution in [-0.4, -0.2) is 17.1 Å². The van der Waals surface area contributed by atoms with Crippen molar-refractivity contribution in [1.29, 1.82) is 0 Å².